The molecule has 0 aliphatic carbocycles. The molecule has 2 heterocycles. The van der Waals surface area contributed by atoms with Crippen LogP contribution in [0.3, 0.4) is 0 Å². The minimum absolute atomic E-state index is 0.185. The summed E-state index contributed by atoms with van der Waals surface area (Å²) in [6, 6.07) is 21.2. The number of nitrogens with zero attached hydrogens (tertiary/aromatic N) is 1. The molecule has 0 fully saturated rings. The van der Waals surface area contributed by atoms with E-state index >= 15 is 0 Å². The SMILES string of the molecule is O=C(c1ccco1)N1CCc2ccc(NS(=O)(=O)c3ccc4ccccc4c3)cc21. The van der Waals surface area contributed by atoms with Crippen molar-refractivity contribution >= 4 is 38.1 Å². The smallest absolute Gasteiger partial charge is 0.293 e. The van der Waals surface area contributed by atoms with Gasteiger partial charge in [0.05, 0.1) is 16.8 Å². The zero-order chi connectivity index (χ0) is 20.7. The van der Waals surface area contributed by atoms with E-state index in [1.54, 1.807) is 47.4 Å². The van der Waals surface area contributed by atoms with Gasteiger partial charge in [0.1, 0.15) is 0 Å². The summed E-state index contributed by atoms with van der Waals surface area (Å²) < 4.78 is 33.7. The van der Waals surface area contributed by atoms with Crippen LogP contribution in [0.2, 0.25) is 0 Å². The first-order chi connectivity index (χ1) is 14.5. The second-order valence-electron chi connectivity index (χ2n) is 7.14. The molecular formula is C23H18N2O4S. The van der Waals surface area contributed by atoms with Crippen LogP contribution in [0.15, 0.2) is 88.4 Å². The van der Waals surface area contributed by atoms with Crippen LogP contribution < -0.4 is 9.62 Å². The van der Waals surface area contributed by atoms with Crippen LogP contribution in [0.1, 0.15) is 16.1 Å². The fourth-order valence-electron chi connectivity index (χ4n) is 3.74. The van der Waals surface area contributed by atoms with E-state index in [1.807, 2.05) is 30.3 Å². The molecule has 0 spiro atoms. The van der Waals surface area contributed by atoms with E-state index < -0.39 is 10.0 Å². The van der Waals surface area contributed by atoms with Gasteiger partial charge in [-0.3, -0.25) is 9.52 Å². The third-order valence-electron chi connectivity index (χ3n) is 5.24. The van der Waals surface area contributed by atoms with E-state index in [0.29, 0.717) is 24.3 Å². The zero-order valence-corrected chi connectivity index (χ0v) is 16.7. The van der Waals surface area contributed by atoms with Gasteiger partial charge in [-0.15, -0.1) is 0 Å². The molecule has 1 aliphatic heterocycles. The number of hydrogen-bond acceptors (Lipinski definition) is 4. The highest BCUT2D eigenvalue weighted by Gasteiger charge is 2.28. The Bertz CT molecular complexity index is 1360. The van der Waals surface area contributed by atoms with Gasteiger partial charge in [-0.1, -0.05) is 36.4 Å². The van der Waals surface area contributed by atoms with Crippen molar-refractivity contribution in [3.63, 3.8) is 0 Å². The van der Waals surface area contributed by atoms with Gasteiger partial charge < -0.3 is 9.32 Å². The Balaban J connectivity index is 1.45. The second kappa shape index (κ2) is 7.03. The standard InChI is InChI=1S/C23H18N2O4S/c26-23(22-6-3-13-29-22)25-12-11-17-7-9-19(15-21(17)25)24-30(27,28)20-10-8-16-4-1-2-5-18(16)14-20/h1-10,13-15,24H,11-12H2. The number of rotatable bonds is 4. The highest BCUT2D eigenvalue weighted by molar-refractivity contribution is 7.92. The maximum atomic E-state index is 12.9. The number of fused-ring (bicyclic) bond motifs is 2. The molecule has 150 valence electrons. The number of carbonyl (C=O) groups excluding carboxylic acids is 1. The maximum Gasteiger partial charge on any atom is 0.293 e. The van der Waals surface area contributed by atoms with Crippen LogP contribution in [0.5, 0.6) is 0 Å². The molecule has 6 nitrogen and oxygen atoms in total. The number of furan rings is 1. The van der Waals surface area contributed by atoms with Gasteiger partial charge in [-0.2, -0.15) is 0 Å². The van der Waals surface area contributed by atoms with Crippen LogP contribution in [-0.2, 0) is 16.4 Å². The maximum absolute atomic E-state index is 12.9. The summed E-state index contributed by atoms with van der Waals surface area (Å²) >= 11 is 0. The van der Waals surface area contributed by atoms with Gasteiger partial charge in [0.25, 0.3) is 15.9 Å². The molecule has 0 saturated carbocycles. The molecule has 1 amide bonds. The lowest BCUT2D eigenvalue weighted by molar-refractivity contribution is 0.0963. The van der Waals surface area contributed by atoms with E-state index in [-0.39, 0.29) is 16.6 Å². The summed E-state index contributed by atoms with van der Waals surface area (Å²) in [4.78, 5) is 14.5. The molecule has 0 bridgehead atoms. The van der Waals surface area contributed by atoms with Crippen LogP contribution in [0, 0.1) is 0 Å². The predicted molar refractivity (Wildman–Crippen MR) is 115 cm³/mol. The van der Waals surface area contributed by atoms with Gasteiger partial charge >= 0.3 is 0 Å². The average molecular weight is 418 g/mol. The molecule has 4 aromatic rings. The number of benzene rings is 3. The lowest BCUT2D eigenvalue weighted by Gasteiger charge is -2.17. The van der Waals surface area contributed by atoms with Crippen LogP contribution in [-0.4, -0.2) is 20.9 Å². The summed E-state index contributed by atoms with van der Waals surface area (Å²) in [6.45, 7) is 0.524. The van der Waals surface area contributed by atoms with Gasteiger partial charge in [-0.25, -0.2) is 8.42 Å². The first-order valence-corrected chi connectivity index (χ1v) is 11.0. The number of hydrogen-bond donors (Lipinski definition) is 1. The minimum Gasteiger partial charge on any atom is -0.459 e. The number of anilines is 2. The lowest BCUT2D eigenvalue weighted by Crippen LogP contribution is -2.28. The Morgan fingerprint density at radius 1 is 0.933 bits per heavy atom. The summed E-state index contributed by atoms with van der Waals surface area (Å²) in [5.74, 6) is 0.0123. The molecular weight excluding hydrogens is 400 g/mol. The highest BCUT2D eigenvalue weighted by atomic mass is 32.2. The normalized spacial score (nSPS) is 13.4. The van der Waals surface area contributed by atoms with Crippen molar-refractivity contribution < 1.29 is 17.6 Å². The summed E-state index contributed by atoms with van der Waals surface area (Å²) in [5.41, 5.74) is 2.08. The van der Waals surface area contributed by atoms with Crippen molar-refractivity contribution in [2.75, 3.05) is 16.2 Å². The minimum atomic E-state index is -3.78. The topological polar surface area (TPSA) is 79.6 Å². The van der Waals surface area contributed by atoms with Gasteiger partial charge in [0.2, 0.25) is 0 Å². The third kappa shape index (κ3) is 3.23. The third-order valence-corrected chi connectivity index (χ3v) is 6.62. The van der Waals surface area contributed by atoms with Crippen molar-refractivity contribution in [1.29, 1.82) is 0 Å². The highest BCUT2D eigenvalue weighted by Crippen LogP contribution is 2.33. The fourth-order valence-corrected chi connectivity index (χ4v) is 4.82. The molecule has 5 rings (SSSR count). The van der Waals surface area contributed by atoms with Crippen molar-refractivity contribution in [3.8, 4) is 0 Å². The largest absolute Gasteiger partial charge is 0.459 e. The van der Waals surface area contributed by atoms with E-state index in [9.17, 15) is 13.2 Å². The lowest BCUT2D eigenvalue weighted by atomic mass is 10.1. The molecule has 7 heteroatoms. The molecule has 30 heavy (non-hydrogen) atoms. The monoisotopic (exact) mass is 418 g/mol. The summed E-state index contributed by atoms with van der Waals surface area (Å²) in [7, 11) is -3.78. The molecule has 1 N–H and O–H groups in total. The number of nitrogens with one attached hydrogen (secondary N) is 1. The molecule has 1 aromatic heterocycles. The Kier molecular flexibility index (Phi) is 4.33. The molecule has 0 saturated heterocycles. The van der Waals surface area contributed by atoms with Gasteiger partial charge in [0.15, 0.2) is 5.76 Å². The van der Waals surface area contributed by atoms with Crippen molar-refractivity contribution in [3.05, 3.63) is 90.4 Å². The van der Waals surface area contributed by atoms with Gasteiger partial charge in [-0.05, 0) is 59.2 Å². The summed E-state index contributed by atoms with van der Waals surface area (Å²) in [6.07, 6.45) is 2.16. The molecule has 0 unspecified atom stereocenters. The molecule has 3 aromatic carbocycles. The number of sulfonamides is 1. The van der Waals surface area contributed by atoms with E-state index in [0.717, 1.165) is 16.3 Å². The first kappa shape index (κ1) is 18.4. The molecule has 1 aliphatic rings. The Morgan fingerprint density at radius 3 is 2.57 bits per heavy atom. The van der Waals surface area contributed by atoms with E-state index in [1.165, 1.54) is 6.26 Å². The molecule has 0 radical (unpaired) electrons. The number of carbonyl (C=O) groups is 1. The van der Waals surface area contributed by atoms with E-state index in [2.05, 4.69) is 4.72 Å². The van der Waals surface area contributed by atoms with E-state index in [4.69, 9.17) is 4.42 Å². The quantitative estimate of drug-likeness (QED) is 0.531. The Morgan fingerprint density at radius 2 is 1.77 bits per heavy atom. The average Bonchev–Trinajstić information content (AvgIpc) is 3.43. The van der Waals surface area contributed by atoms with Crippen LogP contribution >= 0.6 is 0 Å². The Hall–Kier alpha value is -3.58. The predicted octanol–water partition coefficient (Wildman–Crippen LogP) is 4.44. The van der Waals surface area contributed by atoms with Crippen LogP contribution in [0.25, 0.3) is 10.8 Å². The first-order valence-electron chi connectivity index (χ1n) is 9.51. The van der Waals surface area contributed by atoms with Gasteiger partial charge in [0, 0.05) is 12.2 Å². The summed E-state index contributed by atoms with van der Waals surface area (Å²) in [5, 5.41) is 1.82. The van der Waals surface area contributed by atoms with Crippen molar-refractivity contribution in [1.82, 2.24) is 0 Å². The fraction of sp³-hybridized carbons (Fsp3) is 0.0870. The van der Waals surface area contributed by atoms with Crippen molar-refractivity contribution in [2.45, 2.75) is 11.3 Å². The van der Waals surface area contributed by atoms with Crippen molar-refractivity contribution in [2.24, 2.45) is 0 Å². The van der Waals surface area contributed by atoms with Crippen LogP contribution in [0.4, 0.5) is 11.4 Å². The molecule has 0 atom stereocenters. The Labute approximate surface area is 173 Å². The zero-order valence-electron chi connectivity index (χ0n) is 15.9. The number of amides is 1. The second-order valence-corrected chi connectivity index (χ2v) is 8.82.